The lowest BCUT2D eigenvalue weighted by Crippen LogP contribution is -2.23. The lowest BCUT2D eigenvalue weighted by atomic mass is 10.0. The van der Waals surface area contributed by atoms with Gasteiger partial charge in [0.25, 0.3) is 12.2 Å². The molecule has 3 heterocycles. The van der Waals surface area contributed by atoms with Gasteiger partial charge >= 0.3 is 0 Å². The van der Waals surface area contributed by atoms with Gasteiger partial charge in [-0.15, -0.1) is 10.2 Å². The van der Waals surface area contributed by atoms with Crippen molar-refractivity contribution in [3.8, 4) is 11.8 Å². The van der Waals surface area contributed by atoms with Gasteiger partial charge in [0.15, 0.2) is 0 Å². The second-order valence-electron chi connectivity index (χ2n) is 8.67. The van der Waals surface area contributed by atoms with E-state index in [2.05, 4.69) is 27.0 Å². The fourth-order valence-electron chi connectivity index (χ4n) is 4.46. The van der Waals surface area contributed by atoms with Gasteiger partial charge < -0.3 is 9.64 Å². The van der Waals surface area contributed by atoms with Gasteiger partial charge in [0, 0.05) is 23.4 Å². The molecular formula is C25H20F3N5O. The molecule has 0 N–H and O–H groups in total. The van der Waals surface area contributed by atoms with Crippen LogP contribution in [0, 0.1) is 30.0 Å². The molecular weight excluding hydrogens is 443 g/mol. The number of nitrogens with zero attached hydrogens (tertiary/aromatic N) is 5. The molecule has 0 unspecified atom stereocenters. The average molecular weight is 463 g/mol. The Morgan fingerprint density at radius 1 is 1.12 bits per heavy atom. The van der Waals surface area contributed by atoms with E-state index in [1.165, 1.54) is 6.07 Å². The van der Waals surface area contributed by atoms with Gasteiger partial charge in [-0.05, 0) is 44.0 Å². The van der Waals surface area contributed by atoms with E-state index in [1.54, 1.807) is 23.5 Å². The van der Waals surface area contributed by atoms with Crippen LogP contribution < -0.4 is 4.90 Å². The molecule has 2 aliphatic rings. The van der Waals surface area contributed by atoms with E-state index >= 15 is 4.39 Å². The zero-order valence-corrected chi connectivity index (χ0v) is 18.4. The van der Waals surface area contributed by atoms with E-state index < -0.39 is 17.7 Å². The topological polar surface area (TPSA) is 55.5 Å². The number of halogens is 3. The van der Waals surface area contributed by atoms with E-state index in [1.807, 2.05) is 23.1 Å². The first-order valence-corrected chi connectivity index (χ1v) is 11.1. The summed E-state index contributed by atoms with van der Waals surface area (Å²) in [6.45, 7) is 2.85. The maximum atomic E-state index is 15.2. The van der Waals surface area contributed by atoms with Gasteiger partial charge in [0.1, 0.15) is 17.5 Å². The summed E-state index contributed by atoms with van der Waals surface area (Å²) in [5, 5.41) is 8.61. The molecule has 6 rings (SSSR count). The van der Waals surface area contributed by atoms with E-state index in [0.717, 1.165) is 11.3 Å². The normalized spacial score (nSPS) is 16.9. The fourth-order valence-corrected chi connectivity index (χ4v) is 4.46. The molecule has 9 heteroatoms. The number of benzene rings is 2. The van der Waals surface area contributed by atoms with Crippen molar-refractivity contribution in [1.29, 1.82) is 0 Å². The lowest BCUT2D eigenvalue weighted by molar-refractivity contribution is 0.0921. The molecule has 4 aromatic rings. The van der Waals surface area contributed by atoms with Crippen molar-refractivity contribution < 1.29 is 17.9 Å². The minimum absolute atomic E-state index is 0.269. The predicted octanol–water partition coefficient (Wildman–Crippen LogP) is 4.79. The SMILES string of the molecule is Cc1nnc2nc(N3CCOCc4c(C#CC5(C(F)F)CC5)cccc43)c3c(F)cccc3n12. The van der Waals surface area contributed by atoms with Crippen LogP contribution in [0.4, 0.5) is 24.7 Å². The minimum Gasteiger partial charge on any atom is -0.375 e. The highest BCUT2D eigenvalue weighted by Crippen LogP contribution is 2.50. The molecule has 6 nitrogen and oxygen atoms in total. The third kappa shape index (κ3) is 3.21. The van der Waals surface area contributed by atoms with Crippen LogP contribution in [-0.2, 0) is 11.3 Å². The second-order valence-corrected chi connectivity index (χ2v) is 8.67. The Kier molecular flexibility index (Phi) is 4.74. The van der Waals surface area contributed by atoms with Crippen LogP contribution in [0.2, 0.25) is 0 Å². The van der Waals surface area contributed by atoms with Gasteiger partial charge in [0.2, 0.25) is 0 Å². The van der Waals surface area contributed by atoms with Crippen molar-refractivity contribution in [2.24, 2.45) is 5.41 Å². The molecule has 0 bridgehead atoms. The number of hydrogen-bond donors (Lipinski definition) is 0. The van der Waals surface area contributed by atoms with Crippen LogP contribution in [0.25, 0.3) is 16.7 Å². The van der Waals surface area contributed by atoms with Crippen molar-refractivity contribution in [3.05, 3.63) is 59.2 Å². The molecule has 1 aliphatic carbocycles. The van der Waals surface area contributed by atoms with Crippen LogP contribution in [-0.4, -0.2) is 39.2 Å². The number of hydrogen-bond acceptors (Lipinski definition) is 5. The van der Waals surface area contributed by atoms with Crippen LogP contribution >= 0.6 is 0 Å². The Morgan fingerprint density at radius 3 is 2.74 bits per heavy atom. The zero-order chi connectivity index (χ0) is 23.4. The Balaban J connectivity index is 1.55. The molecule has 2 aromatic heterocycles. The fraction of sp³-hybridized carbons (Fsp3) is 0.320. The van der Waals surface area contributed by atoms with Gasteiger partial charge in [-0.25, -0.2) is 13.2 Å². The molecule has 1 saturated carbocycles. The predicted molar refractivity (Wildman–Crippen MR) is 121 cm³/mol. The average Bonchev–Trinajstić information content (AvgIpc) is 3.58. The van der Waals surface area contributed by atoms with Crippen molar-refractivity contribution in [2.45, 2.75) is 32.8 Å². The summed E-state index contributed by atoms with van der Waals surface area (Å²) in [4.78, 5) is 6.57. The van der Waals surface area contributed by atoms with Crippen LogP contribution in [0.15, 0.2) is 36.4 Å². The number of anilines is 2. The number of rotatable bonds is 2. The first kappa shape index (κ1) is 20.9. The minimum atomic E-state index is -2.47. The molecule has 1 fully saturated rings. The smallest absolute Gasteiger partial charge is 0.257 e. The van der Waals surface area contributed by atoms with Crippen molar-refractivity contribution in [2.75, 3.05) is 18.1 Å². The highest BCUT2D eigenvalue weighted by atomic mass is 19.3. The van der Waals surface area contributed by atoms with Gasteiger partial charge in [-0.1, -0.05) is 24.0 Å². The summed E-state index contributed by atoms with van der Waals surface area (Å²) in [5.74, 6) is 6.74. The Bertz CT molecular complexity index is 1500. The first-order chi connectivity index (χ1) is 16.5. The molecule has 0 spiro atoms. The van der Waals surface area contributed by atoms with E-state index in [4.69, 9.17) is 4.74 Å². The molecule has 0 radical (unpaired) electrons. The quantitative estimate of drug-likeness (QED) is 0.400. The number of fused-ring (bicyclic) bond motifs is 4. The number of aryl methyl sites for hydroxylation is 1. The largest absolute Gasteiger partial charge is 0.375 e. The highest BCUT2D eigenvalue weighted by molar-refractivity contribution is 5.94. The van der Waals surface area contributed by atoms with Gasteiger partial charge in [-0.3, -0.25) is 4.40 Å². The molecule has 172 valence electrons. The highest BCUT2D eigenvalue weighted by Gasteiger charge is 2.50. The summed E-state index contributed by atoms with van der Waals surface area (Å²) in [6, 6.07) is 10.4. The van der Waals surface area contributed by atoms with Crippen LogP contribution in [0.5, 0.6) is 0 Å². The zero-order valence-electron chi connectivity index (χ0n) is 18.4. The second kappa shape index (κ2) is 7.71. The van der Waals surface area contributed by atoms with Gasteiger partial charge in [-0.2, -0.15) is 4.98 Å². The monoisotopic (exact) mass is 463 g/mol. The van der Waals surface area contributed by atoms with E-state index in [-0.39, 0.29) is 6.61 Å². The number of aromatic nitrogens is 4. The van der Waals surface area contributed by atoms with Gasteiger partial charge in [0.05, 0.1) is 29.5 Å². The third-order valence-corrected chi connectivity index (χ3v) is 6.53. The number of ether oxygens (including phenoxy) is 1. The number of alkyl halides is 2. The van der Waals surface area contributed by atoms with E-state index in [9.17, 15) is 8.78 Å². The Morgan fingerprint density at radius 2 is 1.94 bits per heavy atom. The molecule has 0 amide bonds. The molecule has 2 aromatic carbocycles. The lowest BCUT2D eigenvalue weighted by Gasteiger charge is -2.25. The van der Waals surface area contributed by atoms with Crippen LogP contribution in [0.1, 0.15) is 29.8 Å². The standard InChI is InChI=1S/C25H20F3N5O/c1-15-30-31-24-29-22(21-18(26)5-3-7-20(21)33(15)24)32-12-13-34-14-17-16(4-2-6-19(17)32)8-9-25(10-11-25)23(27)28/h2-7,23H,10-14H2,1H3. The van der Waals surface area contributed by atoms with Crippen molar-refractivity contribution in [3.63, 3.8) is 0 Å². The third-order valence-electron chi connectivity index (χ3n) is 6.53. The summed E-state index contributed by atoms with van der Waals surface area (Å²) in [5.41, 5.74) is 1.55. The van der Waals surface area contributed by atoms with E-state index in [0.29, 0.717) is 59.9 Å². The maximum absolute atomic E-state index is 15.2. The van der Waals surface area contributed by atoms with Crippen molar-refractivity contribution >= 4 is 28.2 Å². The molecule has 0 saturated heterocycles. The first-order valence-electron chi connectivity index (χ1n) is 11.1. The Labute approximate surface area is 193 Å². The Hall–Kier alpha value is -3.64. The van der Waals surface area contributed by atoms with Crippen molar-refractivity contribution in [1.82, 2.24) is 19.6 Å². The molecule has 0 atom stereocenters. The molecule has 34 heavy (non-hydrogen) atoms. The summed E-state index contributed by atoms with van der Waals surface area (Å²) in [6.07, 6.45) is -1.66. The van der Waals surface area contributed by atoms with Crippen LogP contribution in [0.3, 0.4) is 0 Å². The summed E-state index contributed by atoms with van der Waals surface area (Å²) < 4.78 is 49.5. The summed E-state index contributed by atoms with van der Waals surface area (Å²) >= 11 is 0. The maximum Gasteiger partial charge on any atom is 0.257 e. The summed E-state index contributed by atoms with van der Waals surface area (Å²) in [7, 11) is 0. The molecule has 1 aliphatic heterocycles.